The summed E-state index contributed by atoms with van der Waals surface area (Å²) >= 11 is 0. The lowest BCUT2D eigenvalue weighted by molar-refractivity contribution is -0.131. The maximum absolute atomic E-state index is 12.3. The molecule has 0 spiro atoms. The van der Waals surface area contributed by atoms with E-state index in [0.717, 1.165) is 5.56 Å². The van der Waals surface area contributed by atoms with Crippen LogP contribution in [0.15, 0.2) is 47.5 Å². The second-order valence-electron chi connectivity index (χ2n) is 5.94. The van der Waals surface area contributed by atoms with Crippen molar-refractivity contribution in [2.45, 2.75) is 13.5 Å². The quantitative estimate of drug-likeness (QED) is 0.346. The molecule has 0 saturated carbocycles. The predicted octanol–water partition coefficient (Wildman–Crippen LogP) is 1.80. The summed E-state index contributed by atoms with van der Waals surface area (Å²) in [6.07, 6.45) is 0. The highest BCUT2D eigenvalue weighted by molar-refractivity contribution is 5.97. The minimum atomic E-state index is -0.502. The van der Waals surface area contributed by atoms with Crippen LogP contribution >= 0.6 is 0 Å². The Morgan fingerprint density at radius 3 is 2.30 bits per heavy atom. The number of rotatable bonds is 6. The number of benzene rings is 2. The molecule has 0 radical (unpaired) electrons. The molecule has 27 heavy (non-hydrogen) atoms. The molecule has 0 bridgehead atoms. The third-order valence-corrected chi connectivity index (χ3v) is 3.44. The zero-order chi connectivity index (χ0) is 20.0. The molecule has 1 amide bonds. The van der Waals surface area contributed by atoms with Gasteiger partial charge in [0.15, 0.2) is 5.96 Å². The van der Waals surface area contributed by atoms with Crippen LogP contribution in [0.1, 0.15) is 22.8 Å². The molecule has 0 fully saturated rings. The van der Waals surface area contributed by atoms with Gasteiger partial charge in [-0.05, 0) is 35.9 Å². The smallest absolute Gasteiger partial charge is 0.308 e. The highest BCUT2D eigenvalue weighted by atomic mass is 16.5. The first-order valence-electron chi connectivity index (χ1n) is 8.11. The first-order chi connectivity index (χ1) is 12.8. The van der Waals surface area contributed by atoms with Gasteiger partial charge in [-0.3, -0.25) is 9.59 Å². The molecule has 2 aromatic carbocycles. The van der Waals surface area contributed by atoms with Crippen molar-refractivity contribution in [2.24, 2.45) is 16.5 Å². The molecule has 0 atom stereocenters. The third kappa shape index (κ3) is 5.74. The first-order valence-corrected chi connectivity index (χ1v) is 8.11. The van der Waals surface area contributed by atoms with Crippen molar-refractivity contribution in [3.05, 3.63) is 53.6 Å². The number of aliphatic imine (C=N–C) groups is 1. The Hall–Kier alpha value is -3.55. The largest absolute Gasteiger partial charge is 0.489 e. The van der Waals surface area contributed by atoms with Crippen LogP contribution in [0.25, 0.3) is 0 Å². The zero-order valence-corrected chi connectivity index (χ0v) is 15.4. The molecular weight excluding hydrogens is 348 g/mol. The van der Waals surface area contributed by atoms with Crippen LogP contribution < -0.4 is 20.9 Å². The molecule has 0 aliphatic carbocycles. The summed E-state index contributed by atoms with van der Waals surface area (Å²) in [5.41, 5.74) is 12.5. The Morgan fingerprint density at radius 1 is 1.07 bits per heavy atom. The lowest BCUT2D eigenvalue weighted by Gasteiger charge is -2.15. The summed E-state index contributed by atoms with van der Waals surface area (Å²) in [7, 11) is 3.23. The lowest BCUT2D eigenvalue weighted by atomic mass is 10.1. The van der Waals surface area contributed by atoms with E-state index in [1.54, 1.807) is 38.4 Å². The standard InChI is InChI=1S/C19H22N4O4/c1-12(24)27-17-9-8-15(10-16(17)18(25)23(2)3)26-11-13-4-6-14(7-5-13)22-19(20)21/h4-10H,11H2,1-3H3,(H4,20,21,22). The minimum absolute atomic E-state index is 0.00930. The molecule has 0 heterocycles. The van der Waals surface area contributed by atoms with Crippen molar-refractivity contribution in [3.8, 4) is 11.5 Å². The molecule has 0 saturated heterocycles. The summed E-state index contributed by atoms with van der Waals surface area (Å²) in [6.45, 7) is 1.56. The van der Waals surface area contributed by atoms with Gasteiger partial charge < -0.3 is 25.8 Å². The zero-order valence-electron chi connectivity index (χ0n) is 15.4. The van der Waals surface area contributed by atoms with Gasteiger partial charge in [0.1, 0.15) is 18.1 Å². The number of esters is 1. The first kappa shape index (κ1) is 19.8. The van der Waals surface area contributed by atoms with E-state index in [-0.39, 0.29) is 29.8 Å². The van der Waals surface area contributed by atoms with Crippen LogP contribution in [0.4, 0.5) is 5.69 Å². The molecule has 2 rings (SSSR count). The Bertz CT molecular complexity index is 857. The van der Waals surface area contributed by atoms with Crippen LogP contribution in [0.2, 0.25) is 0 Å². The normalized spacial score (nSPS) is 10.0. The fourth-order valence-electron chi connectivity index (χ4n) is 2.23. The highest BCUT2D eigenvalue weighted by Gasteiger charge is 2.17. The number of nitrogens with two attached hydrogens (primary N) is 2. The lowest BCUT2D eigenvalue weighted by Crippen LogP contribution is -2.23. The van der Waals surface area contributed by atoms with Gasteiger partial charge in [0, 0.05) is 21.0 Å². The van der Waals surface area contributed by atoms with Gasteiger partial charge in [0.2, 0.25) is 0 Å². The highest BCUT2D eigenvalue weighted by Crippen LogP contribution is 2.26. The van der Waals surface area contributed by atoms with Gasteiger partial charge in [-0.1, -0.05) is 12.1 Å². The summed E-state index contributed by atoms with van der Waals surface area (Å²) in [5.74, 6) is -0.139. The third-order valence-electron chi connectivity index (χ3n) is 3.44. The number of carbonyl (C=O) groups is 2. The summed E-state index contributed by atoms with van der Waals surface area (Å²) in [5, 5.41) is 0. The second kappa shape index (κ2) is 8.70. The number of hydrogen-bond donors (Lipinski definition) is 2. The summed E-state index contributed by atoms with van der Waals surface area (Å²) in [4.78, 5) is 28.9. The number of guanidine groups is 1. The van der Waals surface area contributed by atoms with Crippen LogP contribution in [-0.2, 0) is 11.4 Å². The number of carbonyl (C=O) groups excluding carboxylic acids is 2. The summed E-state index contributed by atoms with van der Waals surface area (Å²) in [6, 6.07) is 11.9. The van der Waals surface area contributed by atoms with E-state index < -0.39 is 5.97 Å². The number of ether oxygens (including phenoxy) is 2. The van der Waals surface area contributed by atoms with E-state index in [1.807, 2.05) is 12.1 Å². The van der Waals surface area contributed by atoms with Crippen LogP contribution in [0.3, 0.4) is 0 Å². The fourth-order valence-corrected chi connectivity index (χ4v) is 2.23. The van der Waals surface area contributed by atoms with Crippen molar-refractivity contribution in [2.75, 3.05) is 14.1 Å². The fraction of sp³-hybridized carbons (Fsp3) is 0.211. The van der Waals surface area contributed by atoms with Gasteiger partial charge in [-0.15, -0.1) is 0 Å². The van der Waals surface area contributed by atoms with Crippen molar-refractivity contribution < 1.29 is 19.1 Å². The molecule has 8 heteroatoms. The molecule has 8 nitrogen and oxygen atoms in total. The van der Waals surface area contributed by atoms with E-state index >= 15 is 0 Å². The SMILES string of the molecule is CC(=O)Oc1ccc(OCc2ccc(N=C(N)N)cc2)cc1C(=O)N(C)C. The predicted molar refractivity (Wildman–Crippen MR) is 102 cm³/mol. The topological polar surface area (TPSA) is 120 Å². The molecule has 0 aliphatic heterocycles. The number of hydrogen-bond acceptors (Lipinski definition) is 5. The number of amides is 1. The Morgan fingerprint density at radius 2 is 1.74 bits per heavy atom. The average Bonchev–Trinajstić information content (AvgIpc) is 2.60. The molecule has 2 aromatic rings. The Labute approximate surface area is 157 Å². The van der Waals surface area contributed by atoms with Crippen molar-refractivity contribution in [1.82, 2.24) is 4.90 Å². The number of nitrogens with zero attached hydrogens (tertiary/aromatic N) is 2. The van der Waals surface area contributed by atoms with Crippen molar-refractivity contribution >= 4 is 23.5 Å². The minimum Gasteiger partial charge on any atom is -0.489 e. The molecule has 4 N–H and O–H groups in total. The van der Waals surface area contributed by atoms with E-state index in [2.05, 4.69) is 4.99 Å². The molecule has 0 unspecified atom stereocenters. The van der Waals surface area contributed by atoms with Crippen molar-refractivity contribution in [1.29, 1.82) is 0 Å². The van der Waals surface area contributed by atoms with E-state index in [1.165, 1.54) is 17.9 Å². The van der Waals surface area contributed by atoms with Crippen LogP contribution in [0.5, 0.6) is 11.5 Å². The van der Waals surface area contributed by atoms with Gasteiger partial charge in [0.05, 0.1) is 11.3 Å². The van der Waals surface area contributed by atoms with E-state index in [4.69, 9.17) is 20.9 Å². The van der Waals surface area contributed by atoms with E-state index in [9.17, 15) is 9.59 Å². The molecular formula is C19H22N4O4. The Kier molecular flexibility index (Phi) is 6.37. The van der Waals surface area contributed by atoms with Crippen molar-refractivity contribution in [3.63, 3.8) is 0 Å². The van der Waals surface area contributed by atoms with Gasteiger partial charge in [-0.25, -0.2) is 4.99 Å². The van der Waals surface area contributed by atoms with Crippen LogP contribution in [0, 0.1) is 0 Å². The Balaban J connectivity index is 2.16. The van der Waals surface area contributed by atoms with Crippen LogP contribution in [-0.4, -0.2) is 36.8 Å². The maximum atomic E-state index is 12.3. The maximum Gasteiger partial charge on any atom is 0.308 e. The summed E-state index contributed by atoms with van der Waals surface area (Å²) < 4.78 is 10.9. The molecule has 0 aliphatic rings. The van der Waals surface area contributed by atoms with Gasteiger partial charge in [-0.2, -0.15) is 0 Å². The molecule has 142 valence electrons. The van der Waals surface area contributed by atoms with Gasteiger partial charge in [0.25, 0.3) is 5.91 Å². The molecule has 0 aromatic heterocycles. The van der Waals surface area contributed by atoms with E-state index in [0.29, 0.717) is 11.4 Å². The monoisotopic (exact) mass is 370 g/mol. The second-order valence-corrected chi connectivity index (χ2v) is 5.94. The van der Waals surface area contributed by atoms with Gasteiger partial charge >= 0.3 is 5.97 Å². The average molecular weight is 370 g/mol.